The Kier molecular flexibility index (Phi) is 6.93. The van der Waals surface area contributed by atoms with Gasteiger partial charge in [-0.1, -0.05) is 24.3 Å². The molecule has 0 saturated carbocycles. The van der Waals surface area contributed by atoms with Crippen LogP contribution in [-0.2, 0) is 17.9 Å². The minimum Gasteiger partial charge on any atom is -0.497 e. The summed E-state index contributed by atoms with van der Waals surface area (Å²) in [6, 6.07) is 14.9. The van der Waals surface area contributed by atoms with E-state index >= 15 is 0 Å². The lowest BCUT2D eigenvalue weighted by molar-refractivity contribution is -0.121. The number of fused-ring (bicyclic) bond motifs is 1. The Balaban J connectivity index is 1.56. The van der Waals surface area contributed by atoms with Crippen molar-refractivity contribution >= 4 is 16.8 Å². The van der Waals surface area contributed by atoms with E-state index in [1.165, 1.54) is 9.13 Å². The zero-order valence-corrected chi connectivity index (χ0v) is 19.1. The van der Waals surface area contributed by atoms with Crippen LogP contribution in [0.3, 0.4) is 0 Å². The lowest BCUT2D eigenvalue weighted by Crippen LogP contribution is -2.43. The van der Waals surface area contributed by atoms with Gasteiger partial charge in [-0.05, 0) is 62.7 Å². The van der Waals surface area contributed by atoms with Crippen molar-refractivity contribution in [1.29, 1.82) is 0 Å². The summed E-state index contributed by atoms with van der Waals surface area (Å²) in [6.07, 6.45) is 2.28. The van der Waals surface area contributed by atoms with Crippen LogP contribution in [0.4, 0.5) is 0 Å². The molecule has 0 bridgehead atoms. The van der Waals surface area contributed by atoms with Gasteiger partial charge in [0.1, 0.15) is 12.3 Å². The maximum absolute atomic E-state index is 12.9. The van der Waals surface area contributed by atoms with Crippen LogP contribution in [-0.4, -0.2) is 46.7 Å². The van der Waals surface area contributed by atoms with Crippen LogP contribution >= 0.6 is 0 Å². The minimum absolute atomic E-state index is 0.0421. The van der Waals surface area contributed by atoms with Crippen molar-refractivity contribution in [3.63, 3.8) is 0 Å². The quantitative estimate of drug-likeness (QED) is 0.568. The maximum atomic E-state index is 12.9. The van der Waals surface area contributed by atoms with Gasteiger partial charge in [0.05, 0.1) is 24.1 Å². The summed E-state index contributed by atoms with van der Waals surface area (Å²) in [5, 5.41) is 3.45. The van der Waals surface area contributed by atoms with Gasteiger partial charge in [0.25, 0.3) is 5.56 Å². The van der Waals surface area contributed by atoms with Gasteiger partial charge in [0, 0.05) is 13.1 Å². The highest BCUT2D eigenvalue weighted by molar-refractivity contribution is 5.81. The number of hydrogen-bond acceptors (Lipinski definition) is 5. The Morgan fingerprint density at radius 2 is 1.73 bits per heavy atom. The second kappa shape index (κ2) is 10.0. The first-order chi connectivity index (χ1) is 16.0. The van der Waals surface area contributed by atoms with Crippen molar-refractivity contribution < 1.29 is 9.53 Å². The fraction of sp³-hybridized carbons (Fsp3) is 0.400. The third-order valence-electron chi connectivity index (χ3n) is 6.32. The third kappa shape index (κ3) is 4.71. The van der Waals surface area contributed by atoms with Gasteiger partial charge in [-0.15, -0.1) is 0 Å². The molecule has 3 aromatic rings. The summed E-state index contributed by atoms with van der Waals surface area (Å²) in [5.74, 6) is 0.529. The number of para-hydroxylation sites is 1. The van der Waals surface area contributed by atoms with Crippen LogP contribution in [0, 0.1) is 0 Å². The zero-order valence-electron chi connectivity index (χ0n) is 19.1. The summed E-state index contributed by atoms with van der Waals surface area (Å²) in [6.45, 7) is 4.26. The second-order valence-corrected chi connectivity index (χ2v) is 8.27. The van der Waals surface area contributed by atoms with E-state index in [-0.39, 0.29) is 30.6 Å². The number of likely N-dealkylation sites (tertiary alicyclic amines) is 1. The zero-order chi connectivity index (χ0) is 23.4. The smallest absolute Gasteiger partial charge is 0.331 e. The molecule has 33 heavy (non-hydrogen) atoms. The van der Waals surface area contributed by atoms with Gasteiger partial charge < -0.3 is 10.1 Å². The fourth-order valence-electron chi connectivity index (χ4n) is 4.55. The molecule has 1 fully saturated rings. The van der Waals surface area contributed by atoms with Gasteiger partial charge in [-0.3, -0.25) is 23.6 Å². The molecule has 1 N–H and O–H groups in total. The number of hydrogen-bond donors (Lipinski definition) is 1. The van der Waals surface area contributed by atoms with Crippen LogP contribution in [0.5, 0.6) is 5.75 Å². The number of aromatic nitrogens is 2. The van der Waals surface area contributed by atoms with E-state index in [1.807, 2.05) is 24.3 Å². The minimum atomic E-state index is -0.470. The molecule has 1 amide bonds. The molecule has 1 aliphatic heterocycles. The molecule has 2 aromatic carbocycles. The highest BCUT2D eigenvalue weighted by atomic mass is 16.5. The third-order valence-corrected chi connectivity index (χ3v) is 6.32. The molecule has 8 heteroatoms. The second-order valence-electron chi connectivity index (χ2n) is 8.27. The van der Waals surface area contributed by atoms with Crippen molar-refractivity contribution in [1.82, 2.24) is 19.4 Å². The normalized spacial score (nSPS) is 15.0. The van der Waals surface area contributed by atoms with Crippen LogP contribution in [0.15, 0.2) is 58.1 Å². The molecule has 2 heterocycles. The Bertz CT molecular complexity index is 1240. The molecule has 174 valence electrons. The first kappa shape index (κ1) is 22.8. The predicted molar refractivity (Wildman–Crippen MR) is 128 cm³/mol. The van der Waals surface area contributed by atoms with Crippen molar-refractivity contribution in [2.75, 3.05) is 26.7 Å². The van der Waals surface area contributed by atoms with Gasteiger partial charge in [-0.2, -0.15) is 0 Å². The molecular weight excluding hydrogens is 420 g/mol. The van der Waals surface area contributed by atoms with Crippen molar-refractivity contribution in [3.8, 4) is 5.75 Å². The molecule has 0 aliphatic carbocycles. The Labute approximate surface area is 192 Å². The molecule has 0 spiro atoms. The first-order valence-corrected chi connectivity index (χ1v) is 11.4. The average molecular weight is 451 g/mol. The number of methoxy groups -OCH3 is 1. The molecule has 0 unspecified atom stereocenters. The lowest BCUT2D eigenvalue weighted by atomic mass is 10.1. The van der Waals surface area contributed by atoms with E-state index in [1.54, 1.807) is 38.3 Å². The van der Waals surface area contributed by atoms with E-state index in [0.29, 0.717) is 17.4 Å². The summed E-state index contributed by atoms with van der Waals surface area (Å²) in [7, 11) is 1.64. The molecule has 0 radical (unpaired) electrons. The largest absolute Gasteiger partial charge is 0.497 e. The summed E-state index contributed by atoms with van der Waals surface area (Å²) < 4.78 is 7.82. The van der Waals surface area contributed by atoms with Crippen LogP contribution < -0.4 is 21.3 Å². The van der Waals surface area contributed by atoms with Crippen LogP contribution in [0.1, 0.15) is 31.4 Å². The molecule has 1 saturated heterocycles. The van der Waals surface area contributed by atoms with E-state index in [0.717, 1.165) is 37.2 Å². The van der Waals surface area contributed by atoms with Crippen molar-refractivity contribution in [2.45, 2.75) is 38.9 Å². The topological polar surface area (TPSA) is 85.6 Å². The molecule has 1 aromatic heterocycles. The van der Waals surface area contributed by atoms with Crippen LogP contribution in [0.2, 0.25) is 0 Å². The molecular formula is C25H30N4O4. The van der Waals surface area contributed by atoms with Gasteiger partial charge >= 0.3 is 5.69 Å². The van der Waals surface area contributed by atoms with Gasteiger partial charge in [0.15, 0.2) is 0 Å². The van der Waals surface area contributed by atoms with E-state index in [4.69, 9.17) is 4.74 Å². The lowest BCUT2D eigenvalue weighted by Gasteiger charge is -2.28. The van der Waals surface area contributed by atoms with Crippen LogP contribution in [0.25, 0.3) is 10.9 Å². The van der Waals surface area contributed by atoms with Gasteiger partial charge in [-0.25, -0.2) is 4.79 Å². The number of ether oxygens (including phenoxy) is 1. The number of rotatable bonds is 8. The fourth-order valence-corrected chi connectivity index (χ4v) is 4.55. The summed E-state index contributed by atoms with van der Waals surface area (Å²) in [5.41, 5.74) is 0.782. The SMILES string of the molecule is CCn1c(=O)c2ccccc2n(CC(=O)NC[C@H](c2ccc(OC)cc2)N2CCCC2)c1=O. The summed E-state index contributed by atoms with van der Waals surface area (Å²) in [4.78, 5) is 40.9. The standard InChI is InChI=1S/C25H30N4O4/c1-3-28-24(31)20-8-4-5-9-21(20)29(25(28)32)17-23(30)26-16-22(27-14-6-7-15-27)18-10-12-19(33-2)13-11-18/h4-5,8-13,22H,3,6-7,14-17H2,1-2H3,(H,26,30)/t22-/m1/s1. The highest BCUT2D eigenvalue weighted by Gasteiger charge is 2.24. The molecule has 4 rings (SSSR count). The summed E-state index contributed by atoms with van der Waals surface area (Å²) >= 11 is 0. The number of amides is 1. The monoisotopic (exact) mass is 450 g/mol. The van der Waals surface area contributed by atoms with E-state index in [2.05, 4.69) is 10.2 Å². The average Bonchev–Trinajstić information content (AvgIpc) is 3.37. The van der Waals surface area contributed by atoms with E-state index < -0.39 is 5.69 Å². The number of nitrogens with zero attached hydrogens (tertiary/aromatic N) is 3. The molecule has 1 aliphatic rings. The number of carbonyl (C=O) groups is 1. The Morgan fingerprint density at radius 1 is 1.03 bits per heavy atom. The van der Waals surface area contributed by atoms with E-state index in [9.17, 15) is 14.4 Å². The Hall–Kier alpha value is -3.39. The first-order valence-electron chi connectivity index (χ1n) is 11.4. The Morgan fingerprint density at radius 3 is 2.39 bits per heavy atom. The molecule has 1 atom stereocenters. The van der Waals surface area contributed by atoms with Crippen molar-refractivity contribution in [2.24, 2.45) is 0 Å². The predicted octanol–water partition coefficient (Wildman–Crippen LogP) is 2.15. The number of carbonyl (C=O) groups excluding carboxylic acids is 1. The number of benzene rings is 2. The van der Waals surface area contributed by atoms with Crippen molar-refractivity contribution in [3.05, 3.63) is 74.9 Å². The number of nitrogens with one attached hydrogen (secondary N) is 1. The molecule has 8 nitrogen and oxygen atoms in total. The maximum Gasteiger partial charge on any atom is 0.331 e. The highest BCUT2D eigenvalue weighted by Crippen LogP contribution is 2.26. The van der Waals surface area contributed by atoms with Gasteiger partial charge in [0.2, 0.25) is 5.91 Å².